The van der Waals surface area contributed by atoms with E-state index in [2.05, 4.69) is 17.2 Å². The number of pyridine rings is 1. The molecule has 1 saturated heterocycles. The molecule has 2 heterocycles. The molecule has 21 heavy (non-hydrogen) atoms. The van der Waals surface area contributed by atoms with E-state index in [1.165, 1.54) is 6.20 Å². The van der Waals surface area contributed by atoms with E-state index in [1.54, 1.807) is 11.0 Å². The van der Waals surface area contributed by atoms with Crippen molar-refractivity contribution in [2.45, 2.75) is 32.8 Å². The number of halogens is 1. The second-order valence-electron chi connectivity index (χ2n) is 5.81. The molecular weight excluding hydrogens is 290 g/mol. The first-order valence-corrected chi connectivity index (χ1v) is 7.63. The molecule has 1 aliphatic rings. The third-order valence-electron chi connectivity index (χ3n) is 3.35. The molecule has 0 atom stereocenters. The van der Waals surface area contributed by atoms with Gasteiger partial charge in [-0.2, -0.15) is 0 Å². The normalized spacial score (nSPS) is 17.6. The summed E-state index contributed by atoms with van der Waals surface area (Å²) in [6, 6.07) is 1.72. The molecule has 0 aliphatic carbocycles. The highest BCUT2D eigenvalue weighted by Crippen LogP contribution is 2.23. The minimum atomic E-state index is -0.323. The van der Waals surface area contributed by atoms with Crippen LogP contribution in [0.1, 0.15) is 37.6 Å². The van der Waals surface area contributed by atoms with E-state index < -0.39 is 0 Å². The summed E-state index contributed by atoms with van der Waals surface area (Å²) in [6.45, 7) is 8.53. The Labute approximate surface area is 130 Å². The number of ether oxygens (including phenoxy) is 1. The van der Waals surface area contributed by atoms with Crippen LogP contribution in [0.15, 0.2) is 12.3 Å². The van der Waals surface area contributed by atoms with E-state index in [0.717, 1.165) is 13.0 Å². The fourth-order valence-corrected chi connectivity index (χ4v) is 2.50. The molecule has 5 nitrogen and oxygen atoms in total. The van der Waals surface area contributed by atoms with Crippen LogP contribution >= 0.6 is 11.6 Å². The van der Waals surface area contributed by atoms with Gasteiger partial charge in [-0.15, -0.1) is 0 Å². The molecule has 0 radical (unpaired) electrons. The number of nitrogens with zero attached hydrogens (tertiary/aromatic N) is 2. The largest absolute Gasteiger partial charge is 0.372 e. The molecule has 1 aromatic heterocycles. The third-order valence-corrected chi connectivity index (χ3v) is 3.66. The lowest BCUT2D eigenvalue weighted by Gasteiger charge is -2.38. The number of rotatable bonds is 4. The lowest BCUT2D eigenvalue weighted by Crippen LogP contribution is -2.50. The van der Waals surface area contributed by atoms with E-state index in [1.807, 2.05) is 13.8 Å². The molecule has 0 aromatic carbocycles. The fraction of sp³-hybridized carbons (Fsp3) is 0.600. The van der Waals surface area contributed by atoms with Crippen LogP contribution in [0.2, 0.25) is 5.02 Å². The molecular formula is C15H22ClN3O2. The minimum Gasteiger partial charge on any atom is -0.372 e. The van der Waals surface area contributed by atoms with Crippen LogP contribution in [0.4, 0.5) is 5.82 Å². The average Bonchev–Trinajstić information content (AvgIpc) is 2.44. The van der Waals surface area contributed by atoms with Crippen LogP contribution in [-0.4, -0.2) is 47.6 Å². The standard InChI is InChI=1S/C15H22ClN3O2/c1-4-5-17-13-8-11(12(16)9-18-13)14(20)19-6-7-21-15(2,3)10-19/h8-9H,4-7,10H2,1-3H3,(H,17,18). The molecule has 0 spiro atoms. The molecule has 0 unspecified atom stereocenters. The quantitative estimate of drug-likeness (QED) is 0.929. The van der Waals surface area contributed by atoms with Gasteiger partial charge in [0, 0.05) is 25.8 Å². The Hall–Kier alpha value is -1.33. The Morgan fingerprint density at radius 3 is 3.00 bits per heavy atom. The first-order valence-electron chi connectivity index (χ1n) is 7.25. The van der Waals surface area contributed by atoms with Gasteiger partial charge in [-0.05, 0) is 26.3 Å². The van der Waals surface area contributed by atoms with Gasteiger partial charge in [0.05, 0.1) is 22.8 Å². The molecule has 1 N–H and O–H groups in total. The van der Waals surface area contributed by atoms with E-state index in [4.69, 9.17) is 16.3 Å². The summed E-state index contributed by atoms with van der Waals surface area (Å²) in [5, 5.41) is 3.55. The van der Waals surface area contributed by atoms with Crippen molar-refractivity contribution in [2.24, 2.45) is 0 Å². The van der Waals surface area contributed by atoms with Crippen LogP contribution in [-0.2, 0) is 4.74 Å². The average molecular weight is 312 g/mol. The zero-order valence-electron chi connectivity index (χ0n) is 12.8. The first-order chi connectivity index (χ1) is 9.93. The lowest BCUT2D eigenvalue weighted by atomic mass is 10.1. The Morgan fingerprint density at radius 2 is 2.33 bits per heavy atom. The first kappa shape index (κ1) is 16.0. The molecule has 1 fully saturated rings. The van der Waals surface area contributed by atoms with Gasteiger partial charge >= 0.3 is 0 Å². The van der Waals surface area contributed by atoms with Gasteiger partial charge in [0.1, 0.15) is 5.82 Å². The maximum atomic E-state index is 12.7. The Bertz CT molecular complexity index is 520. The van der Waals surface area contributed by atoms with Crippen LogP contribution in [0, 0.1) is 0 Å². The number of nitrogens with one attached hydrogen (secondary N) is 1. The topological polar surface area (TPSA) is 54.5 Å². The summed E-state index contributed by atoms with van der Waals surface area (Å²) in [5.74, 6) is 0.607. The van der Waals surface area contributed by atoms with Crippen LogP contribution < -0.4 is 5.32 Å². The van der Waals surface area contributed by atoms with Crippen molar-refractivity contribution in [3.63, 3.8) is 0 Å². The van der Waals surface area contributed by atoms with Gasteiger partial charge in [-0.25, -0.2) is 4.98 Å². The van der Waals surface area contributed by atoms with Crippen molar-refractivity contribution in [3.8, 4) is 0 Å². The summed E-state index contributed by atoms with van der Waals surface area (Å²) in [6.07, 6.45) is 2.52. The number of anilines is 1. The SMILES string of the molecule is CCCNc1cc(C(=O)N2CCOC(C)(C)C2)c(Cl)cn1. The number of hydrogen-bond donors (Lipinski definition) is 1. The molecule has 116 valence electrons. The van der Waals surface area contributed by atoms with Crippen molar-refractivity contribution in [1.82, 2.24) is 9.88 Å². The van der Waals surface area contributed by atoms with Crippen LogP contribution in [0.3, 0.4) is 0 Å². The number of morpholine rings is 1. The second-order valence-corrected chi connectivity index (χ2v) is 6.22. The maximum Gasteiger partial charge on any atom is 0.255 e. The highest BCUT2D eigenvalue weighted by molar-refractivity contribution is 6.33. The zero-order chi connectivity index (χ0) is 15.5. The van der Waals surface area contributed by atoms with Gasteiger partial charge in [0.25, 0.3) is 5.91 Å². The van der Waals surface area contributed by atoms with E-state index >= 15 is 0 Å². The number of hydrogen-bond acceptors (Lipinski definition) is 4. The predicted octanol–water partition coefficient (Wildman–Crippen LogP) is 2.81. The zero-order valence-corrected chi connectivity index (χ0v) is 13.5. The van der Waals surface area contributed by atoms with Crippen molar-refractivity contribution in [3.05, 3.63) is 22.8 Å². The number of amides is 1. The van der Waals surface area contributed by atoms with Crippen molar-refractivity contribution in [2.75, 3.05) is 31.6 Å². The summed E-state index contributed by atoms with van der Waals surface area (Å²) in [7, 11) is 0. The molecule has 1 aromatic rings. The van der Waals surface area contributed by atoms with Gasteiger partial charge in [0.2, 0.25) is 0 Å². The van der Waals surface area contributed by atoms with Crippen molar-refractivity contribution < 1.29 is 9.53 Å². The minimum absolute atomic E-state index is 0.0710. The summed E-state index contributed by atoms with van der Waals surface area (Å²) in [5.41, 5.74) is 0.166. The highest BCUT2D eigenvalue weighted by atomic mass is 35.5. The summed E-state index contributed by atoms with van der Waals surface area (Å²) in [4.78, 5) is 18.6. The van der Waals surface area contributed by atoms with Crippen molar-refractivity contribution in [1.29, 1.82) is 0 Å². The smallest absolute Gasteiger partial charge is 0.255 e. The van der Waals surface area contributed by atoms with Gasteiger partial charge in [0.15, 0.2) is 0 Å². The van der Waals surface area contributed by atoms with Crippen molar-refractivity contribution >= 4 is 23.3 Å². The predicted molar refractivity (Wildman–Crippen MR) is 84.0 cm³/mol. The molecule has 1 amide bonds. The Kier molecular flexibility index (Phi) is 5.06. The number of carbonyl (C=O) groups excluding carboxylic acids is 1. The molecule has 0 saturated carbocycles. The second kappa shape index (κ2) is 6.62. The van der Waals surface area contributed by atoms with E-state index in [9.17, 15) is 4.79 Å². The number of aromatic nitrogens is 1. The lowest BCUT2D eigenvalue weighted by molar-refractivity contribution is -0.0763. The fourth-order valence-electron chi connectivity index (χ4n) is 2.31. The Morgan fingerprint density at radius 1 is 1.57 bits per heavy atom. The summed E-state index contributed by atoms with van der Waals surface area (Å²) < 4.78 is 5.64. The molecule has 6 heteroatoms. The van der Waals surface area contributed by atoms with Gasteiger partial charge < -0.3 is 15.0 Å². The maximum absolute atomic E-state index is 12.7. The Balaban J connectivity index is 2.17. The molecule has 2 rings (SSSR count). The van der Waals surface area contributed by atoms with E-state index in [-0.39, 0.29) is 11.5 Å². The van der Waals surface area contributed by atoms with Crippen LogP contribution in [0.25, 0.3) is 0 Å². The number of carbonyl (C=O) groups is 1. The highest BCUT2D eigenvalue weighted by Gasteiger charge is 2.31. The summed E-state index contributed by atoms with van der Waals surface area (Å²) >= 11 is 6.15. The monoisotopic (exact) mass is 311 g/mol. The molecule has 0 bridgehead atoms. The van der Waals surface area contributed by atoms with Gasteiger partial charge in [-0.3, -0.25) is 4.79 Å². The van der Waals surface area contributed by atoms with Gasteiger partial charge in [-0.1, -0.05) is 18.5 Å². The van der Waals surface area contributed by atoms with Crippen LogP contribution in [0.5, 0.6) is 0 Å². The third kappa shape index (κ3) is 4.08. The van der Waals surface area contributed by atoms with E-state index in [0.29, 0.717) is 36.1 Å². The molecule has 1 aliphatic heterocycles.